The van der Waals surface area contributed by atoms with E-state index in [1.165, 1.54) is 0 Å². The number of amides is 1. The summed E-state index contributed by atoms with van der Waals surface area (Å²) >= 11 is 5.86. The number of benzene rings is 2. The lowest BCUT2D eigenvalue weighted by Crippen LogP contribution is -2.20. The van der Waals surface area contributed by atoms with Gasteiger partial charge in [-0.3, -0.25) is 4.79 Å². The highest BCUT2D eigenvalue weighted by Gasteiger charge is 2.12. The van der Waals surface area contributed by atoms with Crippen LogP contribution in [0.4, 0.5) is 5.69 Å². The summed E-state index contributed by atoms with van der Waals surface area (Å²) < 4.78 is 5.06. The van der Waals surface area contributed by atoms with E-state index >= 15 is 0 Å². The van der Waals surface area contributed by atoms with E-state index in [-0.39, 0.29) is 0 Å². The van der Waals surface area contributed by atoms with Gasteiger partial charge >= 0.3 is 5.97 Å². The number of anilines is 1. The number of fused-ring (bicyclic) bond motifs is 1. The molecule has 0 saturated carbocycles. The topological polar surface area (TPSA) is 81.2 Å². The predicted octanol–water partition coefficient (Wildman–Crippen LogP) is 3.70. The first kappa shape index (κ1) is 17.8. The van der Waals surface area contributed by atoms with E-state index in [1.807, 2.05) is 13.8 Å². The van der Waals surface area contributed by atoms with Gasteiger partial charge in [-0.2, -0.15) is 0 Å². The second kappa shape index (κ2) is 7.49. The molecule has 1 aromatic heterocycles. The Kier molecular flexibility index (Phi) is 5.14. The van der Waals surface area contributed by atoms with Gasteiger partial charge in [0.1, 0.15) is 0 Å². The number of carbonyl (C=O) groups is 2. The fraction of sp³-hybridized carbons (Fsp3) is 0.158. The molecule has 1 N–H and O–H groups in total. The molecule has 26 heavy (non-hydrogen) atoms. The zero-order valence-corrected chi connectivity index (χ0v) is 15.0. The maximum atomic E-state index is 12.2. The van der Waals surface area contributed by atoms with Crippen molar-refractivity contribution >= 4 is 40.2 Å². The summed E-state index contributed by atoms with van der Waals surface area (Å²) in [5.41, 5.74) is 3.78. The van der Waals surface area contributed by atoms with Crippen LogP contribution in [0, 0.1) is 13.8 Å². The molecule has 0 saturated heterocycles. The van der Waals surface area contributed by atoms with Gasteiger partial charge in [-0.1, -0.05) is 17.7 Å². The molecular weight excluding hydrogens is 354 g/mol. The van der Waals surface area contributed by atoms with Gasteiger partial charge in [0, 0.05) is 10.7 Å². The molecule has 0 unspecified atom stereocenters. The number of ether oxygens (including phenoxy) is 1. The third-order valence-electron chi connectivity index (χ3n) is 3.75. The van der Waals surface area contributed by atoms with Crippen molar-refractivity contribution in [1.82, 2.24) is 9.97 Å². The van der Waals surface area contributed by atoms with Crippen LogP contribution >= 0.6 is 11.6 Å². The van der Waals surface area contributed by atoms with E-state index in [0.29, 0.717) is 27.3 Å². The summed E-state index contributed by atoms with van der Waals surface area (Å²) in [6, 6.07) is 11.6. The van der Waals surface area contributed by atoms with Crippen LogP contribution in [0.3, 0.4) is 0 Å². The first-order valence-electron chi connectivity index (χ1n) is 7.90. The van der Waals surface area contributed by atoms with Crippen molar-refractivity contribution in [3.05, 3.63) is 64.4 Å². The minimum Gasteiger partial charge on any atom is -0.452 e. The summed E-state index contributed by atoms with van der Waals surface area (Å²) in [5.74, 6) is -1.05. The Morgan fingerprint density at radius 3 is 2.50 bits per heavy atom. The van der Waals surface area contributed by atoms with Gasteiger partial charge in [-0.05, 0) is 50.2 Å². The monoisotopic (exact) mass is 369 g/mol. The third-order valence-corrected chi connectivity index (χ3v) is 3.99. The third kappa shape index (κ3) is 4.15. The molecular formula is C19H16ClN3O3. The maximum absolute atomic E-state index is 12.2. The highest BCUT2D eigenvalue weighted by atomic mass is 35.5. The molecule has 3 aromatic rings. The lowest BCUT2D eigenvalue weighted by Gasteiger charge is -2.08. The summed E-state index contributed by atoms with van der Waals surface area (Å²) in [7, 11) is 0. The standard InChI is InChI=1S/C19H16ClN3O3/c1-11-12(2)22-17-8-13(6-7-16(17)21-11)19(25)26-10-18(24)23-15-5-3-4-14(20)9-15/h3-9H,10H2,1-2H3,(H,23,24). The lowest BCUT2D eigenvalue weighted by atomic mass is 10.2. The molecule has 0 atom stereocenters. The van der Waals surface area contributed by atoms with E-state index in [0.717, 1.165) is 11.4 Å². The number of esters is 1. The molecule has 0 aliphatic rings. The Hall–Kier alpha value is -2.99. The molecule has 2 aromatic carbocycles. The second-order valence-corrected chi connectivity index (χ2v) is 6.17. The average Bonchev–Trinajstić information content (AvgIpc) is 2.60. The zero-order chi connectivity index (χ0) is 18.7. The van der Waals surface area contributed by atoms with E-state index < -0.39 is 18.5 Å². The Balaban J connectivity index is 1.65. The summed E-state index contributed by atoms with van der Waals surface area (Å²) in [6.45, 7) is 3.33. The van der Waals surface area contributed by atoms with E-state index in [2.05, 4.69) is 15.3 Å². The molecule has 3 rings (SSSR count). The molecule has 0 aliphatic heterocycles. The first-order valence-corrected chi connectivity index (χ1v) is 8.28. The molecule has 0 bridgehead atoms. The van der Waals surface area contributed by atoms with Gasteiger partial charge in [0.2, 0.25) is 0 Å². The van der Waals surface area contributed by atoms with Crippen LogP contribution in [0.25, 0.3) is 11.0 Å². The molecule has 0 radical (unpaired) electrons. The zero-order valence-electron chi connectivity index (χ0n) is 14.2. The summed E-state index contributed by atoms with van der Waals surface area (Å²) in [4.78, 5) is 32.9. The number of halogens is 1. The van der Waals surface area contributed by atoms with Crippen LogP contribution in [-0.2, 0) is 9.53 Å². The molecule has 1 heterocycles. The molecule has 1 amide bonds. The maximum Gasteiger partial charge on any atom is 0.338 e. The van der Waals surface area contributed by atoms with Gasteiger partial charge in [0.15, 0.2) is 6.61 Å². The Bertz CT molecular complexity index is 1000. The SMILES string of the molecule is Cc1nc2ccc(C(=O)OCC(=O)Nc3cccc(Cl)c3)cc2nc1C. The van der Waals surface area contributed by atoms with Crippen LogP contribution in [0.15, 0.2) is 42.5 Å². The second-order valence-electron chi connectivity index (χ2n) is 5.73. The fourth-order valence-corrected chi connectivity index (χ4v) is 2.53. The Morgan fingerprint density at radius 1 is 1.04 bits per heavy atom. The highest BCUT2D eigenvalue weighted by Crippen LogP contribution is 2.16. The van der Waals surface area contributed by atoms with Crippen molar-refractivity contribution in [2.45, 2.75) is 13.8 Å². The van der Waals surface area contributed by atoms with Crippen molar-refractivity contribution in [1.29, 1.82) is 0 Å². The van der Waals surface area contributed by atoms with Crippen LogP contribution in [0.1, 0.15) is 21.7 Å². The quantitative estimate of drug-likeness (QED) is 0.709. The highest BCUT2D eigenvalue weighted by molar-refractivity contribution is 6.30. The molecule has 7 heteroatoms. The number of rotatable bonds is 4. The van der Waals surface area contributed by atoms with Crippen LogP contribution in [0.2, 0.25) is 5.02 Å². The van der Waals surface area contributed by atoms with E-state index in [9.17, 15) is 9.59 Å². The van der Waals surface area contributed by atoms with Crippen molar-refractivity contribution in [3.8, 4) is 0 Å². The van der Waals surface area contributed by atoms with Gasteiger partial charge in [-0.15, -0.1) is 0 Å². The van der Waals surface area contributed by atoms with Crippen LogP contribution in [-0.4, -0.2) is 28.5 Å². The minimum absolute atomic E-state index is 0.311. The van der Waals surface area contributed by atoms with E-state index in [1.54, 1.807) is 42.5 Å². The molecule has 0 aliphatic carbocycles. The van der Waals surface area contributed by atoms with Crippen molar-refractivity contribution < 1.29 is 14.3 Å². The van der Waals surface area contributed by atoms with Crippen molar-refractivity contribution in [2.75, 3.05) is 11.9 Å². The summed E-state index contributed by atoms with van der Waals surface area (Å²) in [5, 5.41) is 3.11. The fourth-order valence-electron chi connectivity index (χ4n) is 2.34. The smallest absolute Gasteiger partial charge is 0.338 e. The average molecular weight is 370 g/mol. The van der Waals surface area contributed by atoms with Gasteiger partial charge < -0.3 is 10.1 Å². The number of aryl methyl sites for hydroxylation is 2. The van der Waals surface area contributed by atoms with Crippen molar-refractivity contribution in [2.24, 2.45) is 0 Å². The number of hydrogen-bond donors (Lipinski definition) is 1. The number of carbonyl (C=O) groups excluding carboxylic acids is 2. The molecule has 0 fully saturated rings. The molecule has 6 nitrogen and oxygen atoms in total. The summed E-state index contributed by atoms with van der Waals surface area (Å²) in [6.07, 6.45) is 0. The molecule has 132 valence electrons. The number of nitrogens with zero attached hydrogens (tertiary/aromatic N) is 2. The molecule has 0 spiro atoms. The normalized spacial score (nSPS) is 10.6. The van der Waals surface area contributed by atoms with Crippen molar-refractivity contribution in [3.63, 3.8) is 0 Å². The number of hydrogen-bond acceptors (Lipinski definition) is 5. The first-order chi connectivity index (χ1) is 12.4. The number of aromatic nitrogens is 2. The van der Waals surface area contributed by atoms with Gasteiger partial charge in [0.05, 0.1) is 28.0 Å². The Morgan fingerprint density at radius 2 is 1.77 bits per heavy atom. The Labute approximate surface area is 155 Å². The van der Waals surface area contributed by atoms with E-state index in [4.69, 9.17) is 16.3 Å². The largest absolute Gasteiger partial charge is 0.452 e. The van der Waals surface area contributed by atoms with Crippen LogP contribution in [0.5, 0.6) is 0 Å². The minimum atomic E-state index is -0.604. The lowest BCUT2D eigenvalue weighted by molar-refractivity contribution is -0.119. The predicted molar refractivity (Wildman–Crippen MR) is 99.4 cm³/mol. The number of nitrogens with one attached hydrogen (secondary N) is 1. The van der Waals surface area contributed by atoms with Gasteiger partial charge in [-0.25, -0.2) is 14.8 Å². The van der Waals surface area contributed by atoms with Crippen LogP contribution < -0.4 is 5.32 Å². The van der Waals surface area contributed by atoms with Gasteiger partial charge in [0.25, 0.3) is 5.91 Å².